The Labute approximate surface area is 103 Å². The van der Waals surface area contributed by atoms with Gasteiger partial charge in [-0.05, 0) is 37.1 Å². The minimum Gasteiger partial charge on any atom is -0.330 e. The van der Waals surface area contributed by atoms with E-state index < -0.39 is 0 Å². The fourth-order valence-corrected chi connectivity index (χ4v) is 1.40. The van der Waals surface area contributed by atoms with Crippen molar-refractivity contribution in [3.05, 3.63) is 35.4 Å². The van der Waals surface area contributed by atoms with E-state index in [0.29, 0.717) is 0 Å². The van der Waals surface area contributed by atoms with Crippen LogP contribution in [0.15, 0.2) is 24.3 Å². The molecule has 1 aromatic carbocycles. The van der Waals surface area contributed by atoms with Crippen molar-refractivity contribution >= 4 is 0 Å². The van der Waals surface area contributed by atoms with Crippen LogP contribution in [0.5, 0.6) is 0 Å². The molecule has 2 nitrogen and oxygen atoms in total. The second kappa shape index (κ2) is 10.7. The third-order valence-electron chi connectivity index (χ3n) is 2.21. The summed E-state index contributed by atoms with van der Waals surface area (Å²) < 4.78 is 0. The van der Waals surface area contributed by atoms with E-state index in [1.165, 1.54) is 17.5 Å². The summed E-state index contributed by atoms with van der Waals surface area (Å²) in [5.74, 6) is 0. The first-order valence-corrected chi connectivity index (χ1v) is 6.35. The SMILES string of the molecule is CC.CCCNCc1ccc(CCN)cc1.[HH].[HH]. The third kappa shape index (κ3) is 6.59. The minimum absolute atomic E-state index is 0. The van der Waals surface area contributed by atoms with Gasteiger partial charge in [-0.15, -0.1) is 0 Å². The van der Waals surface area contributed by atoms with Gasteiger partial charge in [0.2, 0.25) is 0 Å². The van der Waals surface area contributed by atoms with Crippen molar-refractivity contribution in [3.8, 4) is 0 Å². The maximum atomic E-state index is 5.48. The summed E-state index contributed by atoms with van der Waals surface area (Å²) in [5.41, 5.74) is 8.16. The van der Waals surface area contributed by atoms with Crippen LogP contribution < -0.4 is 11.1 Å². The van der Waals surface area contributed by atoms with E-state index in [1.54, 1.807) is 0 Å². The fraction of sp³-hybridized carbons (Fsp3) is 0.571. The van der Waals surface area contributed by atoms with Crippen LogP contribution in [-0.4, -0.2) is 13.1 Å². The molecule has 0 amide bonds. The van der Waals surface area contributed by atoms with Gasteiger partial charge in [-0.2, -0.15) is 0 Å². The zero-order valence-corrected chi connectivity index (χ0v) is 10.9. The van der Waals surface area contributed by atoms with Crippen molar-refractivity contribution in [2.24, 2.45) is 5.73 Å². The summed E-state index contributed by atoms with van der Waals surface area (Å²) in [7, 11) is 0. The molecule has 0 fully saturated rings. The van der Waals surface area contributed by atoms with E-state index in [-0.39, 0.29) is 2.85 Å². The minimum atomic E-state index is 0. The van der Waals surface area contributed by atoms with Gasteiger partial charge in [0.15, 0.2) is 0 Å². The predicted molar refractivity (Wildman–Crippen MR) is 76.8 cm³/mol. The molecule has 0 bridgehead atoms. The first-order chi connectivity index (χ1) is 7.86. The zero-order chi connectivity index (χ0) is 12.2. The number of rotatable bonds is 6. The lowest BCUT2D eigenvalue weighted by molar-refractivity contribution is 0.675. The van der Waals surface area contributed by atoms with Crippen LogP contribution in [0.2, 0.25) is 0 Å². The van der Waals surface area contributed by atoms with E-state index >= 15 is 0 Å². The standard InChI is InChI=1S/C12H20N2.C2H6.2H2/c1-2-9-14-10-12-5-3-11(4-6-12)7-8-13;1-2;;/h3-6,14H,2,7-10,13H2,1H3;1-2H3;2*1H. The Hall–Kier alpha value is -0.860. The number of hydrogen-bond acceptors (Lipinski definition) is 2. The first-order valence-electron chi connectivity index (χ1n) is 6.35. The predicted octanol–water partition coefficient (Wildman–Crippen LogP) is 3.21. The normalized spacial score (nSPS) is 9.50. The van der Waals surface area contributed by atoms with E-state index in [4.69, 9.17) is 5.73 Å². The highest BCUT2D eigenvalue weighted by atomic mass is 14.8. The molecule has 3 N–H and O–H groups in total. The molecule has 0 aromatic heterocycles. The van der Waals surface area contributed by atoms with Crippen LogP contribution in [0.1, 0.15) is 41.2 Å². The molecule has 0 aliphatic rings. The summed E-state index contributed by atoms with van der Waals surface area (Å²) in [4.78, 5) is 0. The van der Waals surface area contributed by atoms with E-state index in [1.807, 2.05) is 13.8 Å². The summed E-state index contributed by atoms with van der Waals surface area (Å²) in [6.45, 7) is 8.96. The summed E-state index contributed by atoms with van der Waals surface area (Å²) >= 11 is 0. The lowest BCUT2D eigenvalue weighted by Crippen LogP contribution is -2.13. The molecule has 16 heavy (non-hydrogen) atoms. The molecule has 1 aromatic rings. The van der Waals surface area contributed by atoms with Crippen LogP contribution in [0, 0.1) is 0 Å². The van der Waals surface area contributed by atoms with Crippen LogP contribution in [-0.2, 0) is 13.0 Å². The average molecular weight is 226 g/mol. The molecule has 0 aliphatic carbocycles. The molecule has 2 heteroatoms. The maximum Gasteiger partial charge on any atom is 0.0205 e. The van der Waals surface area contributed by atoms with Crippen LogP contribution >= 0.6 is 0 Å². The van der Waals surface area contributed by atoms with Gasteiger partial charge >= 0.3 is 0 Å². The molecule has 0 spiro atoms. The highest BCUT2D eigenvalue weighted by molar-refractivity contribution is 5.22. The molecule has 0 atom stereocenters. The zero-order valence-electron chi connectivity index (χ0n) is 10.9. The van der Waals surface area contributed by atoms with E-state index in [2.05, 4.69) is 36.5 Å². The summed E-state index contributed by atoms with van der Waals surface area (Å²) in [6, 6.07) is 8.67. The Morgan fingerprint density at radius 1 is 1.12 bits per heavy atom. The van der Waals surface area contributed by atoms with Gasteiger partial charge < -0.3 is 11.1 Å². The molecule has 0 unspecified atom stereocenters. The highest BCUT2D eigenvalue weighted by Gasteiger charge is 1.93. The lowest BCUT2D eigenvalue weighted by Gasteiger charge is -2.04. The van der Waals surface area contributed by atoms with Crippen molar-refractivity contribution < 1.29 is 2.85 Å². The number of benzene rings is 1. The van der Waals surface area contributed by atoms with Crippen LogP contribution in [0.4, 0.5) is 0 Å². The van der Waals surface area contributed by atoms with Gasteiger partial charge in [-0.1, -0.05) is 45.0 Å². The quantitative estimate of drug-likeness (QED) is 0.731. The Bertz CT molecular complexity index is 250. The van der Waals surface area contributed by atoms with Crippen molar-refractivity contribution in [3.63, 3.8) is 0 Å². The van der Waals surface area contributed by atoms with Crippen LogP contribution in [0.3, 0.4) is 0 Å². The van der Waals surface area contributed by atoms with Gasteiger partial charge in [0.05, 0.1) is 0 Å². The molecular formula is C14H30N2. The van der Waals surface area contributed by atoms with Crippen molar-refractivity contribution in [1.29, 1.82) is 0 Å². The second-order valence-corrected chi connectivity index (χ2v) is 3.53. The number of nitrogens with one attached hydrogen (secondary N) is 1. The first kappa shape index (κ1) is 15.1. The van der Waals surface area contributed by atoms with Gasteiger partial charge in [0, 0.05) is 9.40 Å². The van der Waals surface area contributed by atoms with Gasteiger partial charge in [-0.3, -0.25) is 0 Å². The average Bonchev–Trinajstić information content (AvgIpc) is 2.35. The highest BCUT2D eigenvalue weighted by Crippen LogP contribution is 2.04. The maximum absolute atomic E-state index is 5.48. The van der Waals surface area contributed by atoms with Crippen molar-refractivity contribution in [2.75, 3.05) is 13.1 Å². The second-order valence-electron chi connectivity index (χ2n) is 3.53. The Balaban J connectivity index is -0.000000534. The summed E-state index contributed by atoms with van der Waals surface area (Å²) in [5, 5.41) is 3.38. The molecule has 96 valence electrons. The molecule has 0 heterocycles. The molecular weight excluding hydrogens is 196 g/mol. The summed E-state index contributed by atoms with van der Waals surface area (Å²) in [6.07, 6.45) is 2.16. The van der Waals surface area contributed by atoms with E-state index in [0.717, 1.165) is 26.1 Å². The fourth-order valence-electron chi connectivity index (χ4n) is 1.40. The smallest absolute Gasteiger partial charge is 0.0205 e. The van der Waals surface area contributed by atoms with Crippen LogP contribution in [0.25, 0.3) is 0 Å². The Morgan fingerprint density at radius 2 is 1.69 bits per heavy atom. The monoisotopic (exact) mass is 226 g/mol. The van der Waals surface area contributed by atoms with Gasteiger partial charge in [0.1, 0.15) is 0 Å². The number of nitrogens with two attached hydrogens (primary N) is 1. The molecule has 0 saturated carbocycles. The molecule has 1 rings (SSSR count). The van der Waals surface area contributed by atoms with Gasteiger partial charge in [0.25, 0.3) is 0 Å². The largest absolute Gasteiger partial charge is 0.330 e. The molecule has 0 radical (unpaired) electrons. The topological polar surface area (TPSA) is 38.0 Å². The molecule has 0 saturated heterocycles. The van der Waals surface area contributed by atoms with E-state index in [9.17, 15) is 0 Å². The third-order valence-corrected chi connectivity index (χ3v) is 2.21. The number of hydrogen-bond donors (Lipinski definition) is 2. The Kier molecular flexibility index (Phi) is 10.1. The van der Waals surface area contributed by atoms with Crippen molar-refractivity contribution in [1.82, 2.24) is 5.32 Å². The van der Waals surface area contributed by atoms with Gasteiger partial charge in [-0.25, -0.2) is 0 Å². The lowest BCUT2D eigenvalue weighted by atomic mass is 10.1. The van der Waals surface area contributed by atoms with Crippen molar-refractivity contribution in [2.45, 2.75) is 40.2 Å². The molecule has 0 aliphatic heterocycles. The Morgan fingerprint density at radius 3 is 2.19 bits per heavy atom.